The van der Waals surface area contributed by atoms with Crippen LogP contribution in [0.25, 0.3) is 11.1 Å². The molecule has 3 aromatic rings. The predicted molar refractivity (Wildman–Crippen MR) is 114 cm³/mol. The Morgan fingerprint density at radius 1 is 0.938 bits per heavy atom. The zero-order valence-corrected chi connectivity index (χ0v) is 17.1. The van der Waals surface area contributed by atoms with Crippen LogP contribution in [-0.2, 0) is 17.3 Å². The Morgan fingerprint density at radius 2 is 1.50 bits per heavy atom. The van der Waals surface area contributed by atoms with Crippen LogP contribution in [0.2, 0.25) is 0 Å². The number of rotatable bonds is 6. The van der Waals surface area contributed by atoms with Gasteiger partial charge >= 0.3 is 12.3 Å². The summed E-state index contributed by atoms with van der Waals surface area (Å²) in [6.07, 6.45) is -4.91. The summed E-state index contributed by atoms with van der Waals surface area (Å²) in [6.45, 7) is -0.233. The van der Waals surface area contributed by atoms with Crippen LogP contribution in [0.4, 0.5) is 18.0 Å². The van der Waals surface area contributed by atoms with Gasteiger partial charge in [0, 0.05) is 5.92 Å². The number of hydrogen-bond acceptors (Lipinski definition) is 3. The van der Waals surface area contributed by atoms with Gasteiger partial charge in [-0.15, -0.1) is 0 Å². The van der Waals surface area contributed by atoms with Crippen molar-refractivity contribution in [2.24, 2.45) is 0 Å². The number of hydrogen-bond donors (Lipinski definition) is 2. The summed E-state index contributed by atoms with van der Waals surface area (Å²) < 4.78 is 43.6. The molecule has 3 aromatic carbocycles. The van der Waals surface area contributed by atoms with Crippen molar-refractivity contribution in [2.45, 2.75) is 24.6 Å². The lowest BCUT2D eigenvalue weighted by Crippen LogP contribution is -2.39. The first-order valence-corrected chi connectivity index (χ1v) is 10.3. The molecule has 1 amide bonds. The maximum Gasteiger partial charge on any atom is 0.416 e. The van der Waals surface area contributed by atoms with Crippen LogP contribution in [0, 0.1) is 0 Å². The molecule has 1 atom stereocenters. The normalized spacial score (nSPS) is 13.9. The minimum absolute atomic E-state index is 0.0874. The number of alkyl halides is 3. The van der Waals surface area contributed by atoms with Crippen molar-refractivity contribution < 1.29 is 27.8 Å². The SMILES string of the molecule is O=C(N[C@H](CO)Cc1ccc(C(F)(F)F)cc1)OCC1c2ccccc2-c2ccccc21. The summed E-state index contributed by atoms with van der Waals surface area (Å²) in [5.74, 6) is -0.0874. The number of benzene rings is 3. The van der Waals surface area contributed by atoms with Crippen molar-refractivity contribution in [2.75, 3.05) is 13.2 Å². The molecular weight excluding hydrogens is 419 g/mol. The van der Waals surface area contributed by atoms with Gasteiger partial charge in [-0.25, -0.2) is 4.79 Å². The highest BCUT2D eigenvalue weighted by Crippen LogP contribution is 2.44. The second kappa shape index (κ2) is 9.04. The van der Waals surface area contributed by atoms with E-state index in [0.29, 0.717) is 5.56 Å². The van der Waals surface area contributed by atoms with E-state index in [4.69, 9.17) is 4.74 Å². The second-order valence-corrected chi connectivity index (χ2v) is 7.75. The van der Waals surface area contributed by atoms with Gasteiger partial charge in [0.2, 0.25) is 0 Å². The van der Waals surface area contributed by atoms with Crippen LogP contribution >= 0.6 is 0 Å². The van der Waals surface area contributed by atoms with E-state index in [2.05, 4.69) is 5.32 Å². The molecule has 4 nitrogen and oxygen atoms in total. The molecule has 0 unspecified atom stereocenters. The van der Waals surface area contributed by atoms with Crippen LogP contribution in [0.5, 0.6) is 0 Å². The first-order valence-electron chi connectivity index (χ1n) is 10.3. The van der Waals surface area contributed by atoms with E-state index in [9.17, 15) is 23.1 Å². The lowest BCUT2D eigenvalue weighted by atomic mass is 9.98. The molecule has 1 aliphatic carbocycles. The van der Waals surface area contributed by atoms with Gasteiger partial charge in [-0.3, -0.25) is 0 Å². The molecule has 4 rings (SSSR count). The fourth-order valence-electron chi connectivity index (χ4n) is 4.08. The maximum absolute atomic E-state index is 12.7. The van der Waals surface area contributed by atoms with Crippen molar-refractivity contribution in [1.29, 1.82) is 0 Å². The fourth-order valence-corrected chi connectivity index (χ4v) is 4.08. The topological polar surface area (TPSA) is 58.6 Å². The number of halogens is 3. The number of alkyl carbamates (subject to hydrolysis) is 1. The summed E-state index contributed by atoms with van der Waals surface area (Å²) in [6, 6.07) is 19.9. The lowest BCUT2D eigenvalue weighted by Gasteiger charge is -2.19. The summed E-state index contributed by atoms with van der Waals surface area (Å²) in [4.78, 5) is 12.4. The molecule has 0 fully saturated rings. The molecule has 0 spiro atoms. The average Bonchev–Trinajstić information content (AvgIpc) is 3.11. The minimum atomic E-state index is -4.41. The third kappa shape index (κ3) is 4.62. The van der Waals surface area contributed by atoms with Crippen molar-refractivity contribution in [1.82, 2.24) is 5.32 Å². The van der Waals surface area contributed by atoms with Gasteiger partial charge in [-0.2, -0.15) is 13.2 Å². The monoisotopic (exact) mass is 441 g/mol. The zero-order chi connectivity index (χ0) is 22.7. The zero-order valence-electron chi connectivity index (χ0n) is 17.1. The van der Waals surface area contributed by atoms with Crippen LogP contribution in [0.15, 0.2) is 72.8 Å². The molecule has 0 aliphatic heterocycles. The van der Waals surface area contributed by atoms with Crippen LogP contribution < -0.4 is 5.32 Å². The Kier molecular flexibility index (Phi) is 6.19. The molecule has 0 radical (unpaired) electrons. The molecule has 1 aliphatic rings. The first kappa shape index (κ1) is 21.9. The van der Waals surface area contributed by atoms with Crippen molar-refractivity contribution in [3.8, 4) is 11.1 Å². The van der Waals surface area contributed by atoms with Crippen molar-refractivity contribution >= 4 is 6.09 Å². The van der Waals surface area contributed by atoms with Gasteiger partial charge in [0.05, 0.1) is 18.2 Å². The van der Waals surface area contributed by atoms with Crippen LogP contribution in [0.3, 0.4) is 0 Å². The predicted octanol–water partition coefficient (Wildman–Crippen LogP) is 5.15. The molecule has 0 saturated carbocycles. The number of aliphatic hydroxyl groups is 1. The number of fused-ring (bicyclic) bond motifs is 3. The molecule has 32 heavy (non-hydrogen) atoms. The number of ether oxygens (including phenoxy) is 1. The van der Waals surface area contributed by atoms with Gasteiger partial charge in [0.15, 0.2) is 0 Å². The van der Waals surface area contributed by atoms with Crippen LogP contribution in [-0.4, -0.2) is 30.5 Å². The number of amides is 1. The smallest absolute Gasteiger partial charge is 0.416 e. The Morgan fingerprint density at radius 3 is 2.03 bits per heavy atom. The van der Waals surface area contributed by atoms with E-state index in [0.717, 1.165) is 34.4 Å². The minimum Gasteiger partial charge on any atom is -0.449 e. The molecule has 7 heteroatoms. The highest BCUT2D eigenvalue weighted by atomic mass is 19.4. The van der Waals surface area contributed by atoms with Gasteiger partial charge in [-0.05, 0) is 46.4 Å². The Hall–Kier alpha value is -3.32. The average molecular weight is 441 g/mol. The lowest BCUT2D eigenvalue weighted by molar-refractivity contribution is -0.137. The van der Waals surface area contributed by atoms with Gasteiger partial charge in [-0.1, -0.05) is 60.7 Å². The number of carbonyl (C=O) groups excluding carboxylic acids is 1. The quantitative estimate of drug-likeness (QED) is 0.557. The standard InChI is InChI=1S/C25H22F3NO3/c26-25(27,28)17-11-9-16(10-12-17)13-18(14-30)29-24(31)32-15-23-21-7-3-1-5-19(21)20-6-2-4-8-22(20)23/h1-12,18,23,30H,13-15H2,(H,29,31)/t18-/m0/s1. The molecule has 2 N–H and O–H groups in total. The highest BCUT2D eigenvalue weighted by Gasteiger charge is 2.30. The first-order chi connectivity index (χ1) is 15.4. The third-order valence-corrected chi connectivity index (χ3v) is 5.65. The molecule has 0 heterocycles. The van der Waals surface area contributed by atoms with Gasteiger partial charge < -0.3 is 15.2 Å². The summed E-state index contributed by atoms with van der Waals surface area (Å²) in [5.41, 5.74) is 4.23. The molecule has 0 bridgehead atoms. The largest absolute Gasteiger partial charge is 0.449 e. The van der Waals surface area contributed by atoms with E-state index in [-0.39, 0.29) is 25.6 Å². The molecule has 0 saturated heterocycles. The van der Waals surface area contributed by atoms with Crippen LogP contribution in [0.1, 0.15) is 28.2 Å². The molecule has 166 valence electrons. The van der Waals surface area contributed by atoms with E-state index in [1.54, 1.807) is 0 Å². The second-order valence-electron chi connectivity index (χ2n) is 7.75. The van der Waals surface area contributed by atoms with E-state index in [1.165, 1.54) is 12.1 Å². The van der Waals surface area contributed by atoms with Crippen molar-refractivity contribution in [3.63, 3.8) is 0 Å². The Balaban J connectivity index is 1.37. The molecule has 0 aromatic heterocycles. The molecular formula is C25H22F3NO3. The number of carbonyl (C=O) groups is 1. The number of nitrogens with one attached hydrogen (secondary N) is 1. The van der Waals surface area contributed by atoms with Gasteiger partial charge in [0.1, 0.15) is 6.61 Å². The summed E-state index contributed by atoms with van der Waals surface area (Å²) in [7, 11) is 0. The third-order valence-electron chi connectivity index (χ3n) is 5.65. The highest BCUT2D eigenvalue weighted by molar-refractivity contribution is 5.79. The van der Waals surface area contributed by atoms with E-state index in [1.807, 2.05) is 48.5 Å². The van der Waals surface area contributed by atoms with E-state index >= 15 is 0 Å². The summed E-state index contributed by atoms with van der Waals surface area (Å²) in [5, 5.41) is 12.2. The van der Waals surface area contributed by atoms with E-state index < -0.39 is 23.9 Å². The number of aliphatic hydroxyl groups excluding tert-OH is 1. The Bertz CT molecular complexity index is 1050. The fraction of sp³-hybridized carbons (Fsp3) is 0.240. The Labute approximate surface area is 183 Å². The van der Waals surface area contributed by atoms with Gasteiger partial charge in [0.25, 0.3) is 0 Å². The summed E-state index contributed by atoms with van der Waals surface area (Å²) >= 11 is 0. The van der Waals surface area contributed by atoms with Crippen molar-refractivity contribution in [3.05, 3.63) is 95.1 Å². The maximum atomic E-state index is 12.7.